The van der Waals surface area contributed by atoms with Crippen LogP contribution in [0.2, 0.25) is 0 Å². The predicted molar refractivity (Wildman–Crippen MR) is 71.4 cm³/mol. The van der Waals surface area contributed by atoms with E-state index in [2.05, 4.69) is 15.0 Å². The molecule has 1 aromatic rings. The van der Waals surface area contributed by atoms with Crippen molar-refractivity contribution in [3.05, 3.63) is 0 Å². The largest absolute Gasteiger partial charge is 0.382 e. The fourth-order valence-electron chi connectivity index (χ4n) is 1.34. The van der Waals surface area contributed by atoms with Gasteiger partial charge in [0, 0.05) is 25.8 Å². The minimum Gasteiger partial charge on any atom is -0.382 e. The molecule has 9 heteroatoms. The van der Waals surface area contributed by atoms with Crippen LogP contribution in [-0.4, -0.2) is 38.0 Å². The van der Waals surface area contributed by atoms with E-state index < -0.39 is 9.84 Å². The minimum atomic E-state index is -3.42. The molecule has 0 spiro atoms. The van der Waals surface area contributed by atoms with Crippen molar-refractivity contribution in [3.8, 4) is 0 Å². The van der Waals surface area contributed by atoms with Gasteiger partial charge in [0.1, 0.15) is 9.90 Å². The molecule has 0 atom stereocenters. The molecule has 0 saturated carbocycles. The molecule has 7 nitrogen and oxygen atoms in total. The van der Waals surface area contributed by atoms with Gasteiger partial charge in [0.15, 0.2) is 15.7 Å². The van der Waals surface area contributed by atoms with E-state index in [9.17, 15) is 13.2 Å². The standard InChI is InChI=1S/C9H16N4O3S2/c1-3-11-6(14)4-5-12-9-7(18(2,15)16)8(10)13-17-9/h12H,3-5H2,1-2H3,(H2,10,13)(H,11,14). The number of amides is 1. The highest BCUT2D eigenvalue weighted by Crippen LogP contribution is 2.30. The van der Waals surface area contributed by atoms with Crippen molar-refractivity contribution >= 4 is 38.1 Å². The van der Waals surface area contributed by atoms with Gasteiger partial charge in [0.05, 0.1) is 0 Å². The van der Waals surface area contributed by atoms with Crippen molar-refractivity contribution in [2.24, 2.45) is 0 Å². The molecule has 0 aliphatic rings. The maximum Gasteiger partial charge on any atom is 0.221 e. The fraction of sp³-hybridized carbons (Fsp3) is 0.556. The number of nitrogens with zero attached hydrogens (tertiary/aromatic N) is 1. The number of anilines is 2. The van der Waals surface area contributed by atoms with Gasteiger partial charge < -0.3 is 16.4 Å². The maximum absolute atomic E-state index is 11.5. The molecule has 18 heavy (non-hydrogen) atoms. The smallest absolute Gasteiger partial charge is 0.221 e. The second-order valence-corrected chi connectivity index (χ2v) is 6.35. The molecular weight excluding hydrogens is 276 g/mol. The number of nitrogens with one attached hydrogen (secondary N) is 2. The van der Waals surface area contributed by atoms with Crippen LogP contribution < -0.4 is 16.4 Å². The number of carbonyl (C=O) groups is 1. The monoisotopic (exact) mass is 292 g/mol. The Balaban J connectivity index is 2.67. The van der Waals surface area contributed by atoms with Crippen molar-refractivity contribution in [2.75, 3.05) is 30.4 Å². The number of aromatic nitrogens is 1. The Morgan fingerprint density at radius 1 is 1.50 bits per heavy atom. The highest BCUT2D eigenvalue weighted by Gasteiger charge is 2.20. The molecule has 0 aliphatic heterocycles. The minimum absolute atomic E-state index is 0.00315. The van der Waals surface area contributed by atoms with Gasteiger partial charge in [-0.1, -0.05) is 0 Å². The van der Waals surface area contributed by atoms with Crippen LogP contribution in [0.1, 0.15) is 13.3 Å². The first-order chi connectivity index (χ1) is 8.36. The second kappa shape index (κ2) is 6.01. The summed E-state index contributed by atoms with van der Waals surface area (Å²) in [4.78, 5) is 11.2. The average molecular weight is 292 g/mol. The third-order valence-electron chi connectivity index (χ3n) is 2.06. The van der Waals surface area contributed by atoms with E-state index in [-0.39, 0.29) is 23.0 Å². The molecule has 0 radical (unpaired) electrons. The summed E-state index contributed by atoms with van der Waals surface area (Å²) in [6.07, 6.45) is 1.33. The van der Waals surface area contributed by atoms with E-state index in [1.807, 2.05) is 6.92 Å². The molecule has 1 rings (SSSR count). The molecule has 1 amide bonds. The summed E-state index contributed by atoms with van der Waals surface area (Å²) in [6.45, 7) is 2.73. The van der Waals surface area contributed by atoms with E-state index in [0.29, 0.717) is 18.1 Å². The van der Waals surface area contributed by atoms with Crippen molar-refractivity contribution in [1.82, 2.24) is 9.69 Å². The Morgan fingerprint density at radius 3 is 2.72 bits per heavy atom. The summed E-state index contributed by atoms with van der Waals surface area (Å²) in [5.74, 6) is -0.105. The van der Waals surface area contributed by atoms with Crippen LogP contribution in [0.5, 0.6) is 0 Å². The molecule has 0 aromatic carbocycles. The van der Waals surface area contributed by atoms with Gasteiger partial charge in [0.2, 0.25) is 5.91 Å². The highest BCUT2D eigenvalue weighted by atomic mass is 32.2. The lowest BCUT2D eigenvalue weighted by atomic mass is 10.4. The van der Waals surface area contributed by atoms with Crippen LogP contribution in [0.15, 0.2) is 4.90 Å². The SMILES string of the molecule is CCNC(=O)CCNc1snc(N)c1S(C)(=O)=O. The van der Waals surface area contributed by atoms with Crippen molar-refractivity contribution < 1.29 is 13.2 Å². The summed E-state index contributed by atoms with van der Waals surface area (Å²) < 4.78 is 26.8. The van der Waals surface area contributed by atoms with E-state index in [0.717, 1.165) is 17.8 Å². The van der Waals surface area contributed by atoms with Crippen LogP contribution in [0.4, 0.5) is 10.8 Å². The molecule has 4 N–H and O–H groups in total. The Morgan fingerprint density at radius 2 is 2.17 bits per heavy atom. The number of hydrogen-bond acceptors (Lipinski definition) is 7. The van der Waals surface area contributed by atoms with Crippen LogP contribution in [-0.2, 0) is 14.6 Å². The zero-order valence-corrected chi connectivity index (χ0v) is 11.8. The zero-order chi connectivity index (χ0) is 13.8. The Kier molecular flexibility index (Phi) is 4.91. The van der Waals surface area contributed by atoms with E-state index in [4.69, 9.17) is 5.73 Å². The topological polar surface area (TPSA) is 114 Å². The summed E-state index contributed by atoms with van der Waals surface area (Å²) in [5, 5.41) is 5.89. The van der Waals surface area contributed by atoms with Crippen LogP contribution in [0, 0.1) is 0 Å². The molecule has 1 heterocycles. The summed E-state index contributed by atoms with van der Waals surface area (Å²) >= 11 is 0.971. The molecule has 0 saturated heterocycles. The zero-order valence-electron chi connectivity index (χ0n) is 10.2. The number of sulfone groups is 1. The lowest BCUT2D eigenvalue weighted by Gasteiger charge is -2.05. The van der Waals surface area contributed by atoms with E-state index in [1.165, 1.54) is 0 Å². The van der Waals surface area contributed by atoms with Crippen molar-refractivity contribution in [1.29, 1.82) is 0 Å². The Hall–Kier alpha value is -1.35. The third kappa shape index (κ3) is 3.84. The first kappa shape index (κ1) is 14.7. The Bertz CT molecular complexity index is 524. The molecule has 0 aliphatic carbocycles. The first-order valence-electron chi connectivity index (χ1n) is 5.32. The average Bonchev–Trinajstić information content (AvgIpc) is 2.59. The van der Waals surface area contributed by atoms with Crippen LogP contribution in [0.3, 0.4) is 0 Å². The number of nitrogens with two attached hydrogens (primary N) is 1. The van der Waals surface area contributed by atoms with Gasteiger partial charge in [0.25, 0.3) is 0 Å². The van der Waals surface area contributed by atoms with E-state index >= 15 is 0 Å². The lowest BCUT2D eigenvalue weighted by molar-refractivity contribution is -0.120. The quantitative estimate of drug-likeness (QED) is 0.683. The van der Waals surface area contributed by atoms with Crippen LogP contribution in [0.25, 0.3) is 0 Å². The van der Waals surface area contributed by atoms with Gasteiger partial charge in [-0.2, -0.15) is 4.37 Å². The van der Waals surface area contributed by atoms with Gasteiger partial charge in [-0.3, -0.25) is 4.79 Å². The molecule has 0 bridgehead atoms. The number of rotatable bonds is 6. The number of hydrogen-bond donors (Lipinski definition) is 3. The third-order valence-corrected chi connectivity index (χ3v) is 4.16. The van der Waals surface area contributed by atoms with Crippen molar-refractivity contribution in [2.45, 2.75) is 18.2 Å². The highest BCUT2D eigenvalue weighted by molar-refractivity contribution is 7.91. The molecule has 0 unspecified atom stereocenters. The van der Waals surface area contributed by atoms with Crippen molar-refractivity contribution in [3.63, 3.8) is 0 Å². The number of nitrogen functional groups attached to an aromatic ring is 1. The fourth-order valence-corrected chi connectivity index (χ4v) is 3.43. The lowest BCUT2D eigenvalue weighted by Crippen LogP contribution is -2.24. The normalized spacial score (nSPS) is 11.2. The first-order valence-corrected chi connectivity index (χ1v) is 7.98. The van der Waals surface area contributed by atoms with Gasteiger partial charge in [-0.25, -0.2) is 8.42 Å². The maximum atomic E-state index is 11.5. The predicted octanol–water partition coefficient (Wildman–Crippen LogP) is 0.0669. The summed E-state index contributed by atoms with van der Waals surface area (Å²) in [6, 6.07) is 0. The molecular formula is C9H16N4O3S2. The molecule has 1 aromatic heterocycles. The number of carbonyl (C=O) groups excluding carboxylic acids is 1. The Labute approximate surface area is 110 Å². The summed E-state index contributed by atoms with van der Waals surface area (Å²) in [5.41, 5.74) is 5.51. The van der Waals surface area contributed by atoms with Gasteiger partial charge in [-0.15, -0.1) is 0 Å². The second-order valence-electron chi connectivity index (χ2n) is 3.63. The summed E-state index contributed by atoms with van der Waals surface area (Å²) in [7, 11) is -3.42. The van der Waals surface area contributed by atoms with Gasteiger partial charge in [-0.05, 0) is 18.5 Å². The van der Waals surface area contributed by atoms with E-state index in [1.54, 1.807) is 0 Å². The van der Waals surface area contributed by atoms with Gasteiger partial charge >= 0.3 is 0 Å². The molecule has 0 fully saturated rings. The molecule has 102 valence electrons. The van der Waals surface area contributed by atoms with Crippen LogP contribution >= 0.6 is 11.5 Å².